The van der Waals surface area contributed by atoms with Gasteiger partial charge in [0.15, 0.2) is 8.68 Å². The van der Waals surface area contributed by atoms with Crippen LogP contribution in [-0.4, -0.2) is 45.8 Å². The molecule has 0 fully saturated rings. The van der Waals surface area contributed by atoms with E-state index < -0.39 is 24.3 Å². The van der Waals surface area contributed by atoms with Crippen LogP contribution >= 0.6 is 46.2 Å². The number of fused-ring (bicyclic) bond motifs is 2. The molecule has 0 aliphatic rings. The van der Waals surface area contributed by atoms with Crippen LogP contribution in [0.4, 0.5) is 26.3 Å². The van der Waals surface area contributed by atoms with Crippen molar-refractivity contribution in [2.75, 3.05) is 11.5 Å². The predicted octanol–water partition coefficient (Wildman–Crippen LogP) is 9.58. The van der Waals surface area contributed by atoms with Crippen molar-refractivity contribution in [2.24, 2.45) is 0 Å². The number of aliphatic carboxylic acids is 2. The largest absolute Gasteiger partial charge is 2.00 e. The Kier molecular flexibility index (Phi) is 21.0. The summed E-state index contributed by atoms with van der Waals surface area (Å²) in [6, 6.07) is 37.5. The third-order valence-corrected chi connectivity index (χ3v) is 10.7. The average molecular weight is 927 g/mol. The fourth-order valence-corrected chi connectivity index (χ4v) is 7.91. The van der Waals surface area contributed by atoms with Crippen molar-refractivity contribution >= 4 is 90.7 Å². The summed E-state index contributed by atoms with van der Waals surface area (Å²) in [6.07, 6.45) is 0.564. The molecule has 0 aliphatic heterocycles. The Balaban J connectivity index is 0.000000281. The molecule has 55 heavy (non-hydrogen) atoms. The van der Waals surface area contributed by atoms with Gasteiger partial charge in [-0.2, -0.15) is 26.3 Å². The summed E-state index contributed by atoms with van der Waals surface area (Å²) in [4.78, 5) is 26.8. The number of alkyl halides is 6. The molecule has 0 atom stereocenters. The Hall–Kier alpha value is -3.98. The van der Waals surface area contributed by atoms with Crippen LogP contribution in [0.15, 0.2) is 130 Å². The van der Waals surface area contributed by atoms with E-state index >= 15 is 0 Å². The minimum atomic E-state index is -5.19. The fourth-order valence-electron chi connectivity index (χ4n) is 3.82. The van der Waals surface area contributed by atoms with Crippen molar-refractivity contribution in [1.29, 1.82) is 0 Å². The first-order chi connectivity index (χ1) is 25.7. The van der Waals surface area contributed by atoms with Crippen LogP contribution < -0.4 is 10.2 Å². The first kappa shape index (κ1) is 47.2. The molecule has 6 aromatic rings. The van der Waals surface area contributed by atoms with Gasteiger partial charge in [0.05, 0.1) is 20.4 Å². The molecule has 0 aliphatic carbocycles. The smallest absolute Gasteiger partial charge is 0.542 e. The van der Waals surface area contributed by atoms with Gasteiger partial charge in [0, 0.05) is 11.5 Å². The van der Waals surface area contributed by atoms with E-state index in [-0.39, 0.29) is 20.4 Å². The fraction of sp³-hybridized carbons (Fsp3) is 0.158. The van der Waals surface area contributed by atoms with Gasteiger partial charge in [-0.1, -0.05) is 133 Å². The number of para-hydroxylation sites is 2. The number of aromatic nitrogens is 2. The Bertz CT molecular complexity index is 1880. The molecule has 0 radical (unpaired) electrons. The molecule has 17 heteroatoms. The molecular formula is C38H30F6N2O4PdS4. The summed E-state index contributed by atoms with van der Waals surface area (Å²) >= 11 is 7.23. The third kappa shape index (κ3) is 19.0. The number of allylic oxidation sites excluding steroid dienone is 2. The molecule has 6 rings (SSSR count). The van der Waals surface area contributed by atoms with Crippen molar-refractivity contribution in [3.63, 3.8) is 0 Å². The summed E-state index contributed by atoms with van der Waals surface area (Å²) in [5.41, 5.74) is 4.75. The second-order valence-electron chi connectivity index (χ2n) is 10.4. The summed E-state index contributed by atoms with van der Waals surface area (Å²) in [5, 5.41) is 17.6. The topological polar surface area (TPSA) is 106 Å². The Morgan fingerprint density at radius 2 is 0.873 bits per heavy atom. The van der Waals surface area contributed by atoms with Crippen LogP contribution in [0, 0.1) is 0 Å². The summed E-state index contributed by atoms with van der Waals surface area (Å²) in [5.74, 6) is -3.87. The minimum Gasteiger partial charge on any atom is -0.542 e. The second kappa shape index (κ2) is 24.5. The number of carbonyl (C=O) groups is 2. The number of thiazole rings is 2. The van der Waals surface area contributed by atoms with E-state index in [2.05, 4.69) is 119 Å². The van der Waals surface area contributed by atoms with E-state index in [4.69, 9.17) is 19.8 Å². The van der Waals surface area contributed by atoms with Gasteiger partial charge >= 0.3 is 32.8 Å². The van der Waals surface area contributed by atoms with Crippen LogP contribution in [0.3, 0.4) is 0 Å². The molecule has 2 heterocycles. The zero-order valence-electron chi connectivity index (χ0n) is 28.3. The zero-order valence-corrected chi connectivity index (χ0v) is 33.1. The molecule has 0 saturated carbocycles. The van der Waals surface area contributed by atoms with Gasteiger partial charge in [-0.05, 0) is 48.2 Å². The summed E-state index contributed by atoms with van der Waals surface area (Å²) in [6.45, 7) is 0. The van der Waals surface area contributed by atoms with Gasteiger partial charge in [0.25, 0.3) is 0 Å². The van der Waals surface area contributed by atoms with E-state index in [0.29, 0.717) is 0 Å². The van der Waals surface area contributed by atoms with Gasteiger partial charge in [0.1, 0.15) is 11.9 Å². The average Bonchev–Trinajstić information content (AvgIpc) is 3.76. The van der Waals surface area contributed by atoms with E-state index in [9.17, 15) is 26.3 Å². The maximum Gasteiger partial charge on any atom is 2.00 e. The maximum absolute atomic E-state index is 10.5. The number of carbonyl (C=O) groups excluding carboxylic acids is 2. The molecule has 4 aromatic carbocycles. The van der Waals surface area contributed by atoms with Crippen LogP contribution in [0.5, 0.6) is 0 Å². The van der Waals surface area contributed by atoms with Crippen LogP contribution in [-0.2, 0) is 30.0 Å². The molecule has 6 nitrogen and oxygen atoms in total. The van der Waals surface area contributed by atoms with Gasteiger partial charge in [-0.15, -0.1) is 22.7 Å². The second-order valence-corrected chi connectivity index (χ2v) is 15.1. The number of halogens is 6. The number of hydrogen-bond donors (Lipinski definition) is 0. The number of thioether (sulfide) groups is 2. The Morgan fingerprint density at radius 1 is 0.564 bits per heavy atom. The van der Waals surface area contributed by atoms with Gasteiger partial charge < -0.3 is 19.8 Å². The molecule has 0 spiro atoms. The molecule has 0 unspecified atom stereocenters. The van der Waals surface area contributed by atoms with E-state index in [1.807, 2.05) is 47.8 Å². The molecule has 0 bridgehead atoms. The number of carboxylic acid groups (broad SMARTS) is 2. The van der Waals surface area contributed by atoms with Crippen molar-refractivity contribution in [2.45, 2.75) is 33.9 Å². The molecule has 0 saturated heterocycles. The van der Waals surface area contributed by atoms with E-state index in [1.54, 1.807) is 22.7 Å². The number of rotatable bonds is 10. The normalized spacial score (nSPS) is 11.2. The maximum atomic E-state index is 10.5. The van der Waals surface area contributed by atoms with Crippen molar-refractivity contribution in [3.8, 4) is 0 Å². The minimum absolute atomic E-state index is 0. The standard InChI is InChI=1S/2C17H15NS2.2C2HF3O2.Pd/c2*1-2-8-14(9-3-1)10-6-7-13-19-17-18-15-11-4-5-12-16(15)20-17;2*3-2(4,5)1(6)7;/h2*1-6,8-12H,7,13H2;2*(H,6,7);/q;;;;+2/p-2/b2*10-6+;;;. The number of carboxylic acids is 2. The summed E-state index contributed by atoms with van der Waals surface area (Å²) in [7, 11) is 0. The van der Waals surface area contributed by atoms with E-state index in [0.717, 1.165) is 35.4 Å². The summed E-state index contributed by atoms with van der Waals surface area (Å²) < 4.78 is 68.0. The Labute approximate surface area is 343 Å². The molecule has 292 valence electrons. The van der Waals surface area contributed by atoms with Gasteiger partial charge in [0.2, 0.25) is 0 Å². The van der Waals surface area contributed by atoms with Gasteiger partial charge in [-0.3, -0.25) is 0 Å². The molecule has 2 aromatic heterocycles. The van der Waals surface area contributed by atoms with Crippen LogP contribution in [0.25, 0.3) is 32.6 Å². The monoisotopic (exact) mass is 926 g/mol. The Morgan fingerprint density at radius 3 is 1.18 bits per heavy atom. The quantitative estimate of drug-likeness (QED) is 0.0579. The predicted molar refractivity (Wildman–Crippen MR) is 203 cm³/mol. The molecule has 0 N–H and O–H groups in total. The van der Waals surface area contributed by atoms with Crippen molar-refractivity contribution in [1.82, 2.24) is 9.97 Å². The third-order valence-electron chi connectivity index (χ3n) is 6.25. The first-order valence-corrected chi connectivity index (χ1v) is 19.3. The number of nitrogens with zero attached hydrogens (tertiary/aromatic N) is 2. The number of benzene rings is 4. The SMILES string of the molecule is C(=C\c1ccccc1)/CCSc1nc2ccccc2s1.C(=C\c1ccccc1)/CCSc1nc2ccccc2s1.O=C([O-])C(F)(F)F.O=C([O-])C(F)(F)F.[Pd+2]. The van der Waals surface area contributed by atoms with E-state index in [1.165, 1.54) is 29.2 Å². The molecular weight excluding hydrogens is 897 g/mol. The van der Waals surface area contributed by atoms with Crippen LogP contribution in [0.2, 0.25) is 0 Å². The van der Waals surface area contributed by atoms with Crippen molar-refractivity contribution in [3.05, 3.63) is 132 Å². The first-order valence-electron chi connectivity index (χ1n) is 15.7. The van der Waals surface area contributed by atoms with Gasteiger partial charge in [-0.25, -0.2) is 9.97 Å². The number of hydrogen-bond acceptors (Lipinski definition) is 10. The van der Waals surface area contributed by atoms with Crippen molar-refractivity contribution < 1.29 is 66.6 Å². The van der Waals surface area contributed by atoms with Crippen LogP contribution in [0.1, 0.15) is 24.0 Å². The molecule has 0 amide bonds. The zero-order chi connectivity index (χ0) is 39.4.